The molecule has 0 unspecified atom stereocenters. The standard InChI is InChI=1S/C31H41F4N5O3/c1-4-22-19-39(30(42)20-8-10-21(11-9-20)31(33,34)35)17-18-40(22)25-13-12-23(24-7-6-14-38-29(24)43-5-2)27(32)26(25)28(41)37-16-15-36-3/h6-7,12-14,20-22,36H,4-5,8-11,15-19H2,1-3H3,(H,37,41)/t20-,21+,22-/m1/s1. The average molecular weight is 608 g/mol. The van der Waals surface area contributed by atoms with E-state index in [1.807, 2.05) is 11.8 Å². The lowest BCUT2D eigenvalue weighted by molar-refractivity contribution is -0.185. The number of pyridine rings is 1. The van der Waals surface area contributed by atoms with E-state index in [4.69, 9.17) is 4.74 Å². The van der Waals surface area contributed by atoms with Crippen molar-refractivity contribution in [2.75, 3.05) is 51.3 Å². The maximum atomic E-state index is 16.4. The zero-order valence-electron chi connectivity index (χ0n) is 25.0. The number of hydrogen-bond donors (Lipinski definition) is 2. The maximum Gasteiger partial charge on any atom is 0.391 e. The third-order valence-corrected chi connectivity index (χ3v) is 8.46. The number of alkyl halides is 3. The Morgan fingerprint density at radius 3 is 2.44 bits per heavy atom. The van der Waals surface area contributed by atoms with Crippen LogP contribution in [0.25, 0.3) is 11.1 Å². The minimum Gasteiger partial charge on any atom is -0.478 e. The number of nitrogens with one attached hydrogen (secondary N) is 2. The second-order valence-corrected chi connectivity index (χ2v) is 11.1. The van der Waals surface area contributed by atoms with Crippen molar-refractivity contribution < 1.29 is 31.9 Å². The largest absolute Gasteiger partial charge is 0.478 e. The van der Waals surface area contributed by atoms with Gasteiger partial charge >= 0.3 is 6.18 Å². The number of aromatic nitrogens is 1. The molecule has 1 aromatic carbocycles. The van der Waals surface area contributed by atoms with E-state index < -0.39 is 29.7 Å². The third kappa shape index (κ3) is 7.39. The number of rotatable bonds is 10. The van der Waals surface area contributed by atoms with Gasteiger partial charge in [0.2, 0.25) is 11.8 Å². The van der Waals surface area contributed by atoms with Gasteiger partial charge in [-0.05, 0) is 70.3 Å². The Morgan fingerprint density at radius 1 is 1.05 bits per heavy atom. The monoisotopic (exact) mass is 607 g/mol. The van der Waals surface area contributed by atoms with Gasteiger partial charge in [0.25, 0.3) is 5.91 Å². The van der Waals surface area contributed by atoms with E-state index in [0.29, 0.717) is 57.0 Å². The van der Waals surface area contributed by atoms with Crippen molar-refractivity contribution >= 4 is 17.5 Å². The predicted molar refractivity (Wildman–Crippen MR) is 157 cm³/mol. The van der Waals surface area contributed by atoms with E-state index in [9.17, 15) is 22.8 Å². The number of halogens is 4. The van der Waals surface area contributed by atoms with E-state index in [1.165, 1.54) is 0 Å². The highest BCUT2D eigenvalue weighted by atomic mass is 19.4. The molecule has 1 aliphatic heterocycles. The van der Waals surface area contributed by atoms with Crippen molar-refractivity contribution in [3.8, 4) is 17.0 Å². The summed E-state index contributed by atoms with van der Waals surface area (Å²) in [6.07, 6.45) is -1.67. The van der Waals surface area contributed by atoms with Gasteiger partial charge in [0, 0.05) is 62.0 Å². The Bertz CT molecular complexity index is 1270. The lowest BCUT2D eigenvalue weighted by Crippen LogP contribution is -2.56. The second kappa shape index (κ2) is 14.4. The molecule has 1 saturated carbocycles. The molecule has 8 nitrogen and oxygen atoms in total. The fourth-order valence-electron chi connectivity index (χ4n) is 6.11. The number of amides is 2. The Kier molecular flexibility index (Phi) is 10.9. The van der Waals surface area contributed by atoms with Crippen LogP contribution in [0.5, 0.6) is 5.88 Å². The molecule has 1 aromatic heterocycles. The molecular weight excluding hydrogens is 566 g/mol. The van der Waals surface area contributed by atoms with Crippen molar-refractivity contribution in [3.63, 3.8) is 0 Å². The molecule has 2 heterocycles. The number of carbonyl (C=O) groups is 2. The molecule has 2 aromatic rings. The van der Waals surface area contributed by atoms with Crippen molar-refractivity contribution in [1.29, 1.82) is 0 Å². The number of hydrogen-bond acceptors (Lipinski definition) is 6. The average Bonchev–Trinajstić information content (AvgIpc) is 3.00. The first-order valence-corrected chi connectivity index (χ1v) is 15.1. The summed E-state index contributed by atoms with van der Waals surface area (Å²) in [4.78, 5) is 34.8. The van der Waals surface area contributed by atoms with E-state index >= 15 is 4.39 Å². The number of ether oxygens (including phenoxy) is 1. The van der Waals surface area contributed by atoms with Gasteiger partial charge in [-0.2, -0.15) is 13.2 Å². The summed E-state index contributed by atoms with van der Waals surface area (Å²) in [5.74, 6) is -2.87. The summed E-state index contributed by atoms with van der Waals surface area (Å²) >= 11 is 0. The molecule has 2 fully saturated rings. The van der Waals surface area contributed by atoms with Crippen LogP contribution in [0, 0.1) is 17.7 Å². The zero-order valence-corrected chi connectivity index (χ0v) is 25.0. The minimum absolute atomic E-state index is 0.0311. The number of piperazine rings is 1. The molecule has 12 heteroatoms. The van der Waals surface area contributed by atoms with Crippen LogP contribution < -0.4 is 20.3 Å². The van der Waals surface area contributed by atoms with Gasteiger partial charge in [0.1, 0.15) is 5.82 Å². The molecule has 2 aliphatic rings. The number of carbonyl (C=O) groups excluding carboxylic acids is 2. The Balaban J connectivity index is 1.60. The van der Waals surface area contributed by atoms with E-state index in [-0.39, 0.29) is 54.6 Å². The molecule has 0 spiro atoms. The van der Waals surface area contributed by atoms with Gasteiger partial charge in [-0.1, -0.05) is 6.92 Å². The molecule has 1 aliphatic carbocycles. The van der Waals surface area contributed by atoms with Crippen LogP contribution in [-0.4, -0.2) is 80.3 Å². The van der Waals surface area contributed by atoms with Gasteiger partial charge in [-0.3, -0.25) is 9.59 Å². The first-order valence-electron chi connectivity index (χ1n) is 15.1. The lowest BCUT2D eigenvalue weighted by Gasteiger charge is -2.44. The van der Waals surface area contributed by atoms with Gasteiger partial charge in [0.15, 0.2) is 0 Å². The Morgan fingerprint density at radius 2 is 1.79 bits per heavy atom. The summed E-state index contributed by atoms with van der Waals surface area (Å²) in [5, 5.41) is 5.75. The highest BCUT2D eigenvalue weighted by Crippen LogP contribution is 2.41. The zero-order chi connectivity index (χ0) is 31.1. The quantitative estimate of drug-likeness (QED) is 0.291. The highest BCUT2D eigenvalue weighted by molar-refractivity contribution is 6.02. The van der Waals surface area contributed by atoms with Crippen LogP contribution in [0.2, 0.25) is 0 Å². The first kappa shape index (κ1) is 32.5. The van der Waals surface area contributed by atoms with Crippen LogP contribution in [0.15, 0.2) is 30.5 Å². The van der Waals surface area contributed by atoms with E-state index in [1.54, 1.807) is 49.3 Å². The Hall–Kier alpha value is -3.41. The molecule has 2 N–H and O–H groups in total. The molecule has 1 atom stereocenters. The van der Waals surface area contributed by atoms with Crippen molar-refractivity contribution in [3.05, 3.63) is 41.8 Å². The molecular formula is C31H41F4N5O3. The summed E-state index contributed by atoms with van der Waals surface area (Å²) < 4.78 is 61.5. The van der Waals surface area contributed by atoms with Crippen molar-refractivity contribution in [2.24, 2.45) is 11.8 Å². The molecule has 2 amide bonds. The fourth-order valence-corrected chi connectivity index (χ4v) is 6.11. The normalized spacial score (nSPS) is 21.0. The first-order chi connectivity index (χ1) is 20.6. The van der Waals surface area contributed by atoms with Crippen molar-refractivity contribution in [1.82, 2.24) is 20.5 Å². The predicted octanol–water partition coefficient (Wildman–Crippen LogP) is 5.03. The van der Waals surface area contributed by atoms with Crippen molar-refractivity contribution in [2.45, 2.75) is 58.2 Å². The third-order valence-electron chi connectivity index (χ3n) is 8.46. The van der Waals surface area contributed by atoms with E-state index in [2.05, 4.69) is 15.6 Å². The summed E-state index contributed by atoms with van der Waals surface area (Å²) in [6.45, 7) is 5.93. The molecule has 0 radical (unpaired) electrons. The van der Waals surface area contributed by atoms with Gasteiger partial charge in [-0.25, -0.2) is 9.37 Å². The van der Waals surface area contributed by atoms with Crippen LogP contribution in [-0.2, 0) is 4.79 Å². The van der Waals surface area contributed by atoms with Crippen LogP contribution in [0.4, 0.5) is 23.2 Å². The van der Waals surface area contributed by atoms with Crippen LogP contribution >= 0.6 is 0 Å². The molecule has 43 heavy (non-hydrogen) atoms. The topological polar surface area (TPSA) is 86.8 Å². The second-order valence-electron chi connectivity index (χ2n) is 11.1. The smallest absolute Gasteiger partial charge is 0.391 e. The number of anilines is 1. The minimum atomic E-state index is -4.23. The van der Waals surface area contributed by atoms with Crippen LogP contribution in [0.3, 0.4) is 0 Å². The lowest BCUT2D eigenvalue weighted by atomic mass is 9.81. The summed E-state index contributed by atoms with van der Waals surface area (Å²) in [5.41, 5.74) is 0.953. The molecule has 236 valence electrons. The molecule has 4 rings (SSSR count). The van der Waals surface area contributed by atoms with Gasteiger partial charge in [0.05, 0.1) is 23.8 Å². The number of likely N-dealkylation sites (N-methyl/N-ethyl adjacent to an activating group) is 1. The molecule has 0 bridgehead atoms. The summed E-state index contributed by atoms with van der Waals surface area (Å²) in [6, 6.07) is 6.51. The van der Waals surface area contributed by atoms with Crippen LogP contribution in [0.1, 0.15) is 56.3 Å². The number of nitrogens with zero attached hydrogens (tertiary/aromatic N) is 3. The summed E-state index contributed by atoms with van der Waals surface area (Å²) in [7, 11) is 1.76. The maximum absolute atomic E-state index is 16.4. The Labute approximate surface area is 250 Å². The fraction of sp³-hybridized carbons (Fsp3) is 0.581. The van der Waals surface area contributed by atoms with Gasteiger partial charge in [-0.15, -0.1) is 0 Å². The SMILES string of the molecule is CCOc1ncccc1-c1ccc(N2CCN(C(=O)[C@H]3CC[C@@H](C(F)(F)F)CC3)C[C@H]2CC)c(C(=O)NCCNC)c1F. The van der Waals surface area contributed by atoms with Gasteiger partial charge < -0.3 is 25.2 Å². The highest BCUT2D eigenvalue weighted by Gasteiger charge is 2.43. The number of benzene rings is 1. The van der Waals surface area contributed by atoms with E-state index in [0.717, 1.165) is 0 Å². The molecule has 1 saturated heterocycles.